The molecule has 0 bridgehead atoms. The Morgan fingerprint density at radius 3 is 2.24 bits per heavy atom. The molecule has 17 heavy (non-hydrogen) atoms. The van der Waals surface area contributed by atoms with Gasteiger partial charge >= 0.3 is 5.97 Å². The van der Waals surface area contributed by atoms with Crippen molar-refractivity contribution in [3.63, 3.8) is 0 Å². The van der Waals surface area contributed by atoms with Gasteiger partial charge in [-0.1, -0.05) is 20.3 Å². The number of aliphatic carboxylic acids is 1. The average Bonchev–Trinajstić information content (AvgIpc) is 2.30. The highest BCUT2D eigenvalue weighted by atomic mass is 16.4. The summed E-state index contributed by atoms with van der Waals surface area (Å²) < 4.78 is 0. The van der Waals surface area contributed by atoms with Crippen molar-refractivity contribution in [1.82, 2.24) is 4.90 Å². The number of carbonyl (C=O) groups is 2. The van der Waals surface area contributed by atoms with Crippen molar-refractivity contribution in [2.75, 3.05) is 13.1 Å². The Hall–Kier alpha value is -1.06. The van der Waals surface area contributed by atoms with E-state index in [1.807, 2.05) is 11.8 Å². The first-order valence-electron chi connectivity index (χ1n) is 6.50. The monoisotopic (exact) mass is 243 g/mol. The fraction of sp³-hybridized carbons (Fsp3) is 0.846. The van der Waals surface area contributed by atoms with Crippen LogP contribution < -0.4 is 0 Å². The Bertz CT molecular complexity index is 241. The standard InChI is InChI=1S/C13H25NO3/c1-4-11(3)10-14(5-2)12(15)8-6-7-9-13(16)17/h11H,4-10H2,1-3H3,(H,16,17). The summed E-state index contributed by atoms with van der Waals surface area (Å²) in [5.41, 5.74) is 0. The number of amides is 1. The van der Waals surface area contributed by atoms with Crippen LogP contribution >= 0.6 is 0 Å². The molecule has 100 valence electrons. The molecule has 4 heteroatoms. The predicted molar refractivity (Wildman–Crippen MR) is 67.8 cm³/mol. The topological polar surface area (TPSA) is 57.6 Å². The Balaban J connectivity index is 3.87. The fourth-order valence-electron chi connectivity index (χ4n) is 1.62. The van der Waals surface area contributed by atoms with Gasteiger partial charge in [-0.15, -0.1) is 0 Å². The number of nitrogens with zero attached hydrogens (tertiary/aromatic N) is 1. The summed E-state index contributed by atoms with van der Waals surface area (Å²) in [7, 11) is 0. The van der Waals surface area contributed by atoms with Gasteiger partial charge < -0.3 is 10.0 Å². The van der Waals surface area contributed by atoms with Gasteiger partial charge in [0.05, 0.1) is 0 Å². The zero-order valence-corrected chi connectivity index (χ0v) is 11.2. The van der Waals surface area contributed by atoms with E-state index in [9.17, 15) is 9.59 Å². The Morgan fingerprint density at radius 1 is 1.18 bits per heavy atom. The first-order valence-corrected chi connectivity index (χ1v) is 6.50. The molecule has 0 aliphatic rings. The van der Waals surface area contributed by atoms with E-state index >= 15 is 0 Å². The molecule has 0 fully saturated rings. The lowest BCUT2D eigenvalue weighted by Crippen LogP contribution is -2.34. The van der Waals surface area contributed by atoms with E-state index in [-0.39, 0.29) is 12.3 Å². The molecule has 0 aromatic carbocycles. The molecule has 0 aromatic heterocycles. The van der Waals surface area contributed by atoms with Crippen LogP contribution in [0.3, 0.4) is 0 Å². The third-order valence-electron chi connectivity index (χ3n) is 2.99. The Kier molecular flexibility index (Phi) is 8.46. The highest BCUT2D eigenvalue weighted by molar-refractivity contribution is 5.76. The second-order valence-electron chi connectivity index (χ2n) is 4.55. The van der Waals surface area contributed by atoms with E-state index in [1.165, 1.54) is 0 Å². The lowest BCUT2D eigenvalue weighted by Gasteiger charge is -2.24. The smallest absolute Gasteiger partial charge is 0.303 e. The number of carboxylic acid groups (broad SMARTS) is 1. The maximum atomic E-state index is 11.8. The zero-order valence-electron chi connectivity index (χ0n) is 11.2. The largest absolute Gasteiger partial charge is 0.481 e. The molecule has 1 atom stereocenters. The van der Waals surface area contributed by atoms with Gasteiger partial charge in [0.1, 0.15) is 0 Å². The number of hydrogen-bond acceptors (Lipinski definition) is 2. The lowest BCUT2D eigenvalue weighted by molar-refractivity contribution is -0.137. The molecule has 1 N–H and O–H groups in total. The van der Waals surface area contributed by atoms with Crippen LogP contribution in [0.1, 0.15) is 52.9 Å². The normalized spacial score (nSPS) is 12.2. The molecule has 0 spiro atoms. The molecule has 1 unspecified atom stereocenters. The van der Waals surface area contributed by atoms with Gasteiger partial charge in [-0.05, 0) is 25.7 Å². The summed E-state index contributed by atoms with van der Waals surface area (Å²) in [6.07, 6.45) is 2.95. The average molecular weight is 243 g/mol. The number of hydrogen-bond donors (Lipinski definition) is 1. The van der Waals surface area contributed by atoms with Crippen molar-refractivity contribution in [2.45, 2.75) is 52.9 Å². The van der Waals surface area contributed by atoms with E-state index < -0.39 is 5.97 Å². The van der Waals surface area contributed by atoms with Crippen LogP contribution in [0, 0.1) is 5.92 Å². The molecule has 0 radical (unpaired) electrons. The minimum Gasteiger partial charge on any atom is -0.481 e. The lowest BCUT2D eigenvalue weighted by atomic mass is 10.1. The van der Waals surface area contributed by atoms with E-state index in [0.717, 1.165) is 19.5 Å². The molecule has 0 saturated carbocycles. The zero-order chi connectivity index (χ0) is 13.3. The number of carboxylic acids is 1. The first kappa shape index (κ1) is 15.9. The number of rotatable bonds is 9. The van der Waals surface area contributed by atoms with Gasteiger partial charge in [0.15, 0.2) is 0 Å². The van der Waals surface area contributed by atoms with Crippen LogP contribution in [-0.4, -0.2) is 35.0 Å². The minimum absolute atomic E-state index is 0.151. The first-order chi connectivity index (χ1) is 8.01. The van der Waals surface area contributed by atoms with Crippen LogP contribution in [0.4, 0.5) is 0 Å². The third-order valence-corrected chi connectivity index (χ3v) is 2.99. The van der Waals surface area contributed by atoms with Crippen LogP contribution in [0.5, 0.6) is 0 Å². The summed E-state index contributed by atoms with van der Waals surface area (Å²) in [4.78, 5) is 24.0. The highest BCUT2D eigenvalue weighted by Gasteiger charge is 2.13. The predicted octanol–water partition coefficient (Wildman–Crippen LogP) is 2.53. The van der Waals surface area contributed by atoms with Gasteiger partial charge in [-0.3, -0.25) is 9.59 Å². The van der Waals surface area contributed by atoms with Crippen LogP contribution in [0.25, 0.3) is 0 Å². The summed E-state index contributed by atoms with van der Waals surface area (Å²) in [6, 6.07) is 0. The summed E-state index contributed by atoms with van der Waals surface area (Å²) in [5.74, 6) is -0.111. The summed E-state index contributed by atoms with van der Waals surface area (Å²) >= 11 is 0. The molecular weight excluding hydrogens is 218 g/mol. The van der Waals surface area contributed by atoms with Gasteiger partial charge in [0.2, 0.25) is 5.91 Å². The second kappa shape index (κ2) is 9.02. The summed E-state index contributed by atoms with van der Waals surface area (Å²) in [5, 5.41) is 8.49. The van der Waals surface area contributed by atoms with E-state index in [4.69, 9.17) is 5.11 Å². The maximum absolute atomic E-state index is 11.8. The molecule has 0 aliphatic carbocycles. The molecule has 1 amide bonds. The van der Waals surface area contributed by atoms with Crippen LogP contribution in [0.15, 0.2) is 0 Å². The highest BCUT2D eigenvalue weighted by Crippen LogP contribution is 2.08. The number of carbonyl (C=O) groups excluding carboxylic acids is 1. The van der Waals surface area contributed by atoms with Crippen LogP contribution in [0.2, 0.25) is 0 Å². The van der Waals surface area contributed by atoms with Crippen molar-refractivity contribution in [1.29, 1.82) is 0 Å². The molecule has 0 aromatic rings. The van der Waals surface area contributed by atoms with Crippen molar-refractivity contribution < 1.29 is 14.7 Å². The van der Waals surface area contributed by atoms with Crippen molar-refractivity contribution in [3.05, 3.63) is 0 Å². The van der Waals surface area contributed by atoms with Gasteiger partial charge in [0.25, 0.3) is 0 Å². The fourth-order valence-corrected chi connectivity index (χ4v) is 1.62. The van der Waals surface area contributed by atoms with Crippen molar-refractivity contribution >= 4 is 11.9 Å². The van der Waals surface area contributed by atoms with Crippen molar-refractivity contribution in [3.8, 4) is 0 Å². The quantitative estimate of drug-likeness (QED) is 0.633. The van der Waals surface area contributed by atoms with Gasteiger partial charge in [-0.25, -0.2) is 0 Å². The third kappa shape index (κ3) is 7.77. The number of unbranched alkanes of at least 4 members (excludes halogenated alkanes) is 1. The van der Waals surface area contributed by atoms with Crippen LogP contribution in [-0.2, 0) is 9.59 Å². The van der Waals surface area contributed by atoms with E-state index in [0.29, 0.717) is 25.2 Å². The van der Waals surface area contributed by atoms with E-state index in [1.54, 1.807) is 0 Å². The molecule has 0 rings (SSSR count). The second-order valence-corrected chi connectivity index (χ2v) is 4.55. The summed E-state index contributed by atoms with van der Waals surface area (Å²) in [6.45, 7) is 7.79. The molecular formula is C13H25NO3. The van der Waals surface area contributed by atoms with Crippen molar-refractivity contribution in [2.24, 2.45) is 5.92 Å². The Labute approximate surface area is 104 Å². The van der Waals surface area contributed by atoms with Gasteiger partial charge in [-0.2, -0.15) is 0 Å². The van der Waals surface area contributed by atoms with Gasteiger partial charge in [0, 0.05) is 25.9 Å². The SMILES string of the molecule is CCC(C)CN(CC)C(=O)CCCCC(=O)O. The van der Waals surface area contributed by atoms with E-state index in [2.05, 4.69) is 13.8 Å². The Morgan fingerprint density at radius 2 is 1.76 bits per heavy atom. The molecule has 4 nitrogen and oxygen atoms in total. The molecule has 0 saturated heterocycles. The molecule has 0 aliphatic heterocycles. The minimum atomic E-state index is -0.788. The molecule has 0 heterocycles. The maximum Gasteiger partial charge on any atom is 0.303 e.